The molecular weight excluding hydrogens is 606 g/mol. The zero-order valence-electron chi connectivity index (χ0n) is 23.4. The maximum atomic E-state index is 14.7. The van der Waals surface area contributed by atoms with Crippen LogP contribution in [0.15, 0.2) is 65.8 Å². The van der Waals surface area contributed by atoms with E-state index in [1.54, 1.807) is 31.2 Å². The fourth-order valence-corrected chi connectivity index (χ4v) is 5.85. The quantitative estimate of drug-likeness (QED) is 0.267. The van der Waals surface area contributed by atoms with Crippen molar-refractivity contribution >= 4 is 38.4 Å². The number of nitrogen functional groups attached to an aromatic ring is 1. The molecule has 0 spiro atoms. The van der Waals surface area contributed by atoms with Crippen LogP contribution >= 0.6 is 0 Å². The Morgan fingerprint density at radius 2 is 1.80 bits per heavy atom. The largest absolute Gasteiger partial charge is 0.490 e. The summed E-state index contributed by atoms with van der Waals surface area (Å²) in [6.07, 6.45) is -0.964. The van der Waals surface area contributed by atoms with Crippen LogP contribution in [-0.2, 0) is 21.2 Å². The van der Waals surface area contributed by atoms with Gasteiger partial charge in [-0.05, 0) is 80.8 Å². The number of hydrogen-bond donors (Lipinski definition) is 2. The van der Waals surface area contributed by atoms with Crippen molar-refractivity contribution in [1.29, 1.82) is 0 Å². The van der Waals surface area contributed by atoms with E-state index in [9.17, 15) is 30.8 Å². The second-order valence-corrected chi connectivity index (χ2v) is 12.3. The highest BCUT2D eigenvalue weighted by atomic mass is 32.2. The maximum absolute atomic E-state index is 14.7. The molecule has 0 radical (unpaired) electrons. The Labute approximate surface area is 249 Å². The third kappa shape index (κ3) is 7.27. The van der Waals surface area contributed by atoms with Gasteiger partial charge < -0.3 is 15.7 Å². The Bertz CT molecular complexity index is 1810. The molecule has 10 nitrogen and oxygen atoms in total. The number of rotatable bonds is 7. The zero-order valence-corrected chi connectivity index (χ0v) is 24.2. The number of nitrogens with two attached hydrogens (primary N) is 1. The minimum absolute atomic E-state index is 0.0246. The van der Waals surface area contributed by atoms with Crippen LogP contribution in [0.25, 0.3) is 10.9 Å². The van der Waals surface area contributed by atoms with Crippen molar-refractivity contribution in [3.63, 3.8) is 0 Å². The van der Waals surface area contributed by atoms with Gasteiger partial charge >= 0.3 is 12.1 Å². The summed E-state index contributed by atoms with van der Waals surface area (Å²) >= 11 is 0. The average Bonchev–Trinajstić information content (AvgIpc) is 3.83. The zero-order chi connectivity index (χ0) is 32.4. The molecule has 15 heteroatoms. The van der Waals surface area contributed by atoms with Gasteiger partial charge in [-0.3, -0.25) is 14.8 Å². The highest BCUT2D eigenvalue weighted by Gasteiger charge is 2.38. The molecule has 1 saturated carbocycles. The number of aryl methyl sites for hydroxylation is 1. The topological polar surface area (TPSA) is 156 Å². The molecule has 0 saturated heterocycles. The number of aromatic nitrogens is 3. The molecule has 1 aliphatic carbocycles. The number of carbonyl (C=O) groups is 2. The van der Waals surface area contributed by atoms with Gasteiger partial charge in [0, 0.05) is 23.3 Å². The molecule has 44 heavy (non-hydrogen) atoms. The van der Waals surface area contributed by atoms with Crippen LogP contribution in [-0.4, -0.2) is 56.7 Å². The average molecular weight is 634 g/mol. The first kappa shape index (κ1) is 32.3. The standard InChI is InChI=1S/C27H26FN5O3S.C2HF3O2/c1-16-12-19-13-18(5-10-24(19)32-26(16)29)27(34)33(17(2)25-23(28)4-3-11-30-25)15-20-6-7-22(14-31-20)37(35,36)21-8-9-21;3-2(4,5)1(6)7/h3-7,10-14,17,21H,8-9,15H2,1-2H3,(H2,29,32);(H,6,7)/t17-;/m1./s1. The fourth-order valence-electron chi connectivity index (χ4n) is 4.25. The van der Waals surface area contributed by atoms with Gasteiger partial charge in [0.15, 0.2) is 9.84 Å². The van der Waals surface area contributed by atoms with Crippen molar-refractivity contribution in [1.82, 2.24) is 19.9 Å². The molecule has 0 aliphatic heterocycles. The van der Waals surface area contributed by atoms with Gasteiger partial charge in [0.25, 0.3) is 5.91 Å². The van der Waals surface area contributed by atoms with Crippen LogP contribution in [0.4, 0.5) is 23.4 Å². The third-order valence-corrected chi connectivity index (χ3v) is 9.11. The SMILES string of the molecule is Cc1cc2cc(C(=O)N(Cc3ccc(S(=O)(=O)C4CC4)cn3)[C@H](C)c3ncccc3F)ccc2nc1N.O=C(O)C(F)(F)F. The summed E-state index contributed by atoms with van der Waals surface area (Å²) < 4.78 is 71.5. The lowest BCUT2D eigenvalue weighted by Gasteiger charge is -2.29. The number of sulfone groups is 1. The van der Waals surface area contributed by atoms with Gasteiger partial charge in [-0.15, -0.1) is 0 Å². The number of nitrogens with zero attached hydrogens (tertiary/aromatic N) is 4. The number of carboxylic acids is 1. The number of fused-ring (bicyclic) bond motifs is 1. The number of carboxylic acid groups (broad SMARTS) is 1. The van der Waals surface area contributed by atoms with Crippen molar-refractivity contribution in [3.05, 3.63) is 89.3 Å². The maximum Gasteiger partial charge on any atom is 0.490 e. The van der Waals surface area contributed by atoms with Crippen molar-refractivity contribution in [2.75, 3.05) is 5.73 Å². The van der Waals surface area contributed by atoms with Crippen molar-refractivity contribution < 1.29 is 40.7 Å². The van der Waals surface area contributed by atoms with E-state index in [0.29, 0.717) is 35.4 Å². The van der Waals surface area contributed by atoms with Gasteiger partial charge in [-0.1, -0.05) is 0 Å². The minimum Gasteiger partial charge on any atom is -0.475 e. The Morgan fingerprint density at radius 3 is 2.36 bits per heavy atom. The summed E-state index contributed by atoms with van der Waals surface area (Å²) in [6.45, 7) is 3.56. The van der Waals surface area contributed by atoms with Gasteiger partial charge in [0.05, 0.1) is 39.6 Å². The molecule has 3 aromatic heterocycles. The van der Waals surface area contributed by atoms with Crippen LogP contribution in [0.1, 0.15) is 53.1 Å². The number of amides is 1. The summed E-state index contributed by atoms with van der Waals surface area (Å²) in [6, 6.07) is 12.1. The Balaban J connectivity index is 0.000000566. The second-order valence-electron chi connectivity index (χ2n) is 10.1. The molecule has 1 amide bonds. The normalized spacial score (nSPS) is 14.0. The molecule has 5 rings (SSSR count). The number of alkyl halides is 3. The smallest absolute Gasteiger partial charge is 0.475 e. The molecular formula is C29H27F4N5O5S. The number of halogens is 4. The Morgan fingerprint density at radius 1 is 1.11 bits per heavy atom. The summed E-state index contributed by atoms with van der Waals surface area (Å²) in [4.78, 5) is 37.2. The van der Waals surface area contributed by atoms with E-state index in [-0.39, 0.29) is 28.3 Å². The number of carbonyl (C=O) groups excluding carboxylic acids is 1. The predicted octanol–water partition coefficient (Wildman–Crippen LogP) is 5.03. The predicted molar refractivity (Wildman–Crippen MR) is 152 cm³/mol. The van der Waals surface area contributed by atoms with Crippen LogP contribution in [0.3, 0.4) is 0 Å². The monoisotopic (exact) mass is 633 g/mol. The summed E-state index contributed by atoms with van der Waals surface area (Å²) in [5.41, 5.74) is 8.35. The van der Waals surface area contributed by atoms with Crippen LogP contribution in [0.5, 0.6) is 0 Å². The van der Waals surface area contributed by atoms with E-state index >= 15 is 0 Å². The first-order valence-corrected chi connectivity index (χ1v) is 14.7. The van der Waals surface area contributed by atoms with E-state index in [0.717, 1.165) is 10.9 Å². The molecule has 1 fully saturated rings. The molecule has 232 valence electrons. The number of aliphatic carboxylic acids is 1. The highest BCUT2D eigenvalue weighted by Crippen LogP contribution is 2.33. The molecule has 3 heterocycles. The summed E-state index contributed by atoms with van der Waals surface area (Å²) in [7, 11) is -3.38. The molecule has 1 aliphatic rings. The van der Waals surface area contributed by atoms with Crippen LogP contribution in [0.2, 0.25) is 0 Å². The number of hydrogen-bond acceptors (Lipinski definition) is 8. The number of pyridine rings is 3. The molecule has 1 aromatic carbocycles. The molecule has 3 N–H and O–H groups in total. The molecule has 1 atom stereocenters. The third-order valence-electron chi connectivity index (χ3n) is 6.87. The summed E-state index contributed by atoms with van der Waals surface area (Å²) in [5, 5.41) is 7.54. The lowest BCUT2D eigenvalue weighted by atomic mass is 10.1. The van der Waals surface area contributed by atoms with Gasteiger partial charge in [0.1, 0.15) is 11.6 Å². The van der Waals surface area contributed by atoms with Crippen molar-refractivity contribution in [2.45, 2.75) is 55.6 Å². The lowest BCUT2D eigenvalue weighted by molar-refractivity contribution is -0.192. The summed E-state index contributed by atoms with van der Waals surface area (Å²) in [5.74, 6) is -3.22. The number of anilines is 1. The van der Waals surface area contributed by atoms with Gasteiger partial charge in [-0.25, -0.2) is 22.6 Å². The van der Waals surface area contributed by atoms with E-state index in [4.69, 9.17) is 15.6 Å². The second kappa shape index (κ2) is 12.5. The highest BCUT2D eigenvalue weighted by molar-refractivity contribution is 7.92. The van der Waals surface area contributed by atoms with Crippen LogP contribution in [0, 0.1) is 12.7 Å². The fraction of sp³-hybridized carbons (Fsp3) is 0.276. The number of benzene rings is 1. The Kier molecular flexibility index (Phi) is 9.18. The van der Waals surface area contributed by atoms with Crippen molar-refractivity contribution in [3.8, 4) is 0 Å². The van der Waals surface area contributed by atoms with E-state index in [1.165, 1.54) is 35.5 Å². The van der Waals surface area contributed by atoms with Gasteiger partial charge in [0.2, 0.25) is 0 Å². The lowest BCUT2D eigenvalue weighted by Crippen LogP contribution is -2.34. The molecule has 0 unspecified atom stereocenters. The first-order valence-electron chi connectivity index (χ1n) is 13.2. The molecule has 4 aromatic rings. The molecule has 0 bridgehead atoms. The van der Waals surface area contributed by atoms with E-state index < -0.39 is 33.8 Å². The van der Waals surface area contributed by atoms with Crippen molar-refractivity contribution in [2.24, 2.45) is 0 Å². The first-order chi connectivity index (χ1) is 20.6. The van der Waals surface area contributed by atoms with Gasteiger partial charge in [-0.2, -0.15) is 13.2 Å². The minimum atomic E-state index is -5.08. The van der Waals surface area contributed by atoms with E-state index in [1.807, 2.05) is 13.0 Å². The van der Waals surface area contributed by atoms with Crippen LogP contribution < -0.4 is 5.73 Å². The van der Waals surface area contributed by atoms with E-state index in [2.05, 4.69) is 15.0 Å². The Hall–Kier alpha value is -4.66.